The predicted molar refractivity (Wildman–Crippen MR) is 121 cm³/mol. The van der Waals surface area contributed by atoms with Crippen LogP contribution in [0.3, 0.4) is 0 Å². The lowest BCUT2D eigenvalue weighted by Crippen LogP contribution is -2.39. The number of rotatable bonds is 12. The van der Waals surface area contributed by atoms with Crippen molar-refractivity contribution in [3.8, 4) is 0 Å². The van der Waals surface area contributed by atoms with Crippen molar-refractivity contribution in [1.29, 1.82) is 0 Å². The molecule has 0 bridgehead atoms. The summed E-state index contributed by atoms with van der Waals surface area (Å²) in [5, 5.41) is 10.4. The van der Waals surface area contributed by atoms with Crippen LogP contribution in [-0.4, -0.2) is 68.2 Å². The maximum Gasteiger partial charge on any atom is 0.407 e. The number of sulfone groups is 1. The second kappa shape index (κ2) is 11.7. The zero-order valence-electron chi connectivity index (χ0n) is 19.4. The Kier molecular flexibility index (Phi) is 9.60. The standard InChI is InChI=1S/C21H38N4O6S/c1-21(2,3)31-20(28)23-13-9-5-4-8-12-22-17(26)11-7-6-10-16-18-15(14-32(16,29)30)24-19(27)25-18/h15-16,18H,4-14H2,1-3H3,(H,22,26)(H,23,28)(H2,24,25,27)/t15?,16-,18?/m0/s1. The van der Waals surface area contributed by atoms with E-state index in [1.165, 1.54) is 0 Å². The van der Waals surface area contributed by atoms with Crippen LogP contribution >= 0.6 is 0 Å². The van der Waals surface area contributed by atoms with Crippen molar-refractivity contribution in [3.63, 3.8) is 0 Å². The van der Waals surface area contributed by atoms with Gasteiger partial charge >= 0.3 is 12.1 Å². The molecular formula is C21H38N4O6S. The highest BCUT2D eigenvalue weighted by Gasteiger charge is 2.51. The number of carbonyl (C=O) groups is 3. The summed E-state index contributed by atoms with van der Waals surface area (Å²) >= 11 is 0. The minimum atomic E-state index is -3.22. The fourth-order valence-corrected chi connectivity index (χ4v) is 6.33. The van der Waals surface area contributed by atoms with Crippen molar-refractivity contribution in [2.24, 2.45) is 0 Å². The summed E-state index contributed by atoms with van der Waals surface area (Å²) in [5.74, 6) is -0.0434. The van der Waals surface area contributed by atoms with E-state index in [1.807, 2.05) is 20.8 Å². The van der Waals surface area contributed by atoms with E-state index in [2.05, 4.69) is 21.3 Å². The van der Waals surface area contributed by atoms with Gasteiger partial charge in [-0.05, 0) is 46.5 Å². The Hall–Kier alpha value is -2.04. The molecule has 4 amide bonds. The number of hydrogen-bond acceptors (Lipinski definition) is 6. The van der Waals surface area contributed by atoms with Crippen molar-refractivity contribution in [2.45, 2.75) is 95.1 Å². The zero-order chi connectivity index (χ0) is 23.8. The van der Waals surface area contributed by atoms with Crippen LogP contribution in [0.25, 0.3) is 0 Å². The summed E-state index contributed by atoms with van der Waals surface area (Å²) in [7, 11) is -3.22. The van der Waals surface area contributed by atoms with Crippen molar-refractivity contribution in [1.82, 2.24) is 21.3 Å². The van der Waals surface area contributed by atoms with Gasteiger partial charge < -0.3 is 26.0 Å². The molecule has 0 saturated carbocycles. The van der Waals surface area contributed by atoms with E-state index in [4.69, 9.17) is 4.74 Å². The lowest BCUT2D eigenvalue weighted by atomic mass is 10.0. The Balaban J connectivity index is 1.46. The Morgan fingerprint density at radius 2 is 1.66 bits per heavy atom. The maximum atomic E-state index is 12.3. The van der Waals surface area contributed by atoms with Crippen molar-refractivity contribution in [3.05, 3.63) is 0 Å². The van der Waals surface area contributed by atoms with Gasteiger partial charge in [0.1, 0.15) is 5.60 Å². The SMILES string of the molecule is CC(C)(C)OC(=O)NCCCCCCNC(=O)CCCC[C@H]1C2NC(=O)NC2CS1(=O)=O. The molecule has 2 aliphatic rings. The van der Waals surface area contributed by atoms with Crippen molar-refractivity contribution < 1.29 is 27.5 Å². The van der Waals surface area contributed by atoms with Crippen LogP contribution in [0, 0.1) is 0 Å². The largest absolute Gasteiger partial charge is 0.444 e. The van der Waals surface area contributed by atoms with Gasteiger partial charge in [0, 0.05) is 19.5 Å². The van der Waals surface area contributed by atoms with Crippen LogP contribution < -0.4 is 21.3 Å². The van der Waals surface area contributed by atoms with Gasteiger partial charge in [0.25, 0.3) is 0 Å². The summed E-state index contributed by atoms with van der Waals surface area (Å²) in [6.45, 7) is 6.65. The third kappa shape index (κ3) is 8.84. The summed E-state index contributed by atoms with van der Waals surface area (Å²) < 4.78 is 29.7. The first-order valence-electron chi connectivity index (χ1n) is 11.5. The molecule has 2 saturated heterocycles. The molecule has 4 N–H and O–H groups in total. The first-order chi connectivity index (χ1) is 15.0. The number of unbranched alkanes of at least 4 members (excludes halogenated alkanes) is 4. The van der Waals surface area contributed by atoms with Crippen LogP contribution in [0.1, 0.15) is 72.1 Å². The van der Waals surface area contributed by atoms with Gasteiger partial charge in [-0.3, -0.25) is 4.79 Å². The number of alkyl carbamates (subject to hydrolysis) is 1. The molecule has 2 unspecified atom stereocenters. The molecule has 0 aromatic rings. The molecule has 11 heteroatoms. The van der Waals surface area contributed by atoms with Gasteiger partial charge in [-0.25, -0.2) is 18.0 Å². The smallest absolute Gasteiger partial charge is 0.407 e. The fraction of sp³-hybridized carbons (Fsp3) is 0.857. The lowest BCUT2D eigenvalue weighted by molar-refractivity contribution is -0.121. The van der Waals surface area contributed by atoms with Crippen LogP contribution in [0.15, 0.2) is 0 Å². The number of nitrogens with one attached hydrogen (secondary N) is 4. The molecule has 2 heterocycles. The molecular weight excluding hydrogens is 436 g/mol. The number of ether oxygens (including phenoxy) is 1. The number of carbonyl (C=O) groups excluding carboxylic acids is 3. The number of amides is 4. The number of fused-ring (bicyclic) bond motifs is 1. The number of urea groups is 1. The average molecular weight is 475 g/mol. The van der Waals surface area contributed by atoms with E-state index in [0.29, 0.717) is 38.8 Å². The topological polar surface area (TPSA) is 143 Å². The fourth-order valence-electron chi connectivity index (χ4n) is 4.06. The highest BCUT2D eigenvalue weighted by atomic mass is 32.2. The van der Waals surface area contributed by atoms with Crippen LogP contribution in [0.5, 0.6) is 0 Å². The second-order valence-electron chi connectivity index (χ2n) is 9.56. The van der Waals surface area contributed by atoms with Crippen LogP contribution in [0.2, 0.25) is 0 Å². The Morgan fingerprint density at radius 3 is 2.31 bits per heavy atom. The van der Waals surface area contributed by atoms with Gasteiger partial charge in [-0.2, -0.15) is 0 Å². The quantitative estimate of drug-likeness (QED) is 0.250. The maximum absolute atomic E-state index is 12.3. The first-order valence-corrected chi connectivity index (χ1v) is 13.2. The van der Waals surface area contributed by atoms with Gasteiger partial charge in [-0.1, -0.05) is 19.3 Å². The van der Waals surface area contributed by atoms with E-state index in [9.17, 15) is 22.8 Å². The molecule has 3 atom stereocenters. The minimum absolute atomic E-state index is 0.0153. The predicted octanol–water partition coefficient (Wildman–Crippen LogP) is 1.60. The molecule has 2 fully saturated rings. The number of hydrogen-bond donors (Lipinski definition) is 4. The molecule has 0 aliphatic carbocycles. The highest BCUT2D eigenvalue weighted by Crippen LogP contribution is 2.28. The summed E-state index contributed by atoms with van der Waals surface area (Å²) in [4.78, 5) is 34.9. The van der Waals surface area contributed by atoms with Crippen molar-refractivity contribution in [2.75, 3.05) is 18.8 Å². The monoisotopic (exact) mass is 474 g/mol. The van der Waals surface area contributed by atoms with Gasteiger partial charge in [0.05, 0.1) is 23.1 Å². The Morgan fingerprint density at radius 1 is 1.00 bits per heavy atom. The molecule has 0 aromatic carbocycles. The first kappa shape index (κ1) is 26.2. The van der Waals surface area contributed by atoms with Gasteiger partial charge in [-0.15, -0.1) is 0 Å². The van der Waals surface area contributed by atoms with E-state index in [-0.39, 0.29) is 29.8 Å². The van der Waals surface area contributed by atoms with Gasteiger partial charge in [0.15, 0.2) is 9.84 Å². The van der Waals surface area contributed by atoms with Crippen LogP contribution in [0.4, 0.5) is 9.59 Å². The molecule has 32 heavy (non-hydrogen) atoms. The van der Waals surface area contributed by atoms with E-state index < -0.39 is 26.8 Å². The molecule has 184 valence electrons. The van der Waals surface area contributed by atoms with E-state index in [0.717, 1.165) is 25.7 Å². The second-order valence-corrected chi connectivity index (χ2v) is 11.8. The lowest BCUT2D eigenvalue weighted by Gasteiger charge is -2.19. The zero-order valence-corrected chi connectivity index (χ0v) is 20.2. The molecule has 0 radical (unpaired) electrons. The van der Waals surface area contributed by atoms with Gasteiger partial charge in [0.2, 0.25) is 5.91 Å². The van der Waals surface area contributed by atoms with Crippen LogP contribution in [-0.2, 0) is 19.4 Å². The molecule has 0 spiro atoms. The van der Waals surface area contributed by atoms with Crippen molar-refractivity contribution >= 4 is 27.9 Å². The van der Waals surface area contributed by atoms with E-state index >= 15 is 0 Å². The molecule has 0 aromatic heterocycles. The van der Waals surface area contributed by atoms with E-state index in [1.54, 1.807) is 0 Å². The third-order valence-corrected chi connectivity index (χ3v) is 7.83. The molecule has 2 rings (SSSR count). The minimum Gasteiger partial charge on any atom is -0.444 e. The summed E-state index contributed by atoms with van der Waals surface area (Å²) in [6, 6.07) is -1.01. The highest BCUT2D eigenvalue weighted by molar-refractivity contribution is 7.92. The third-order valence-electron chi connectivity index (χ3n) is 5.56. The summed E-state index contributed by atoms with van der Waals surface area (Å²) in [5.41, 5.74) is -0.495. The average Bonchev–Trinajstić information content (AvgIpc) is 3.11. The molecule has 10 nitrogen and oxygen atoms in total. The summed E-state index contributed by atoms with van der Waals surface area (Å²) in [6.07, 6.45) is 5.30. The normalized spacial score (nSPS) is 23.7. The Labute approximate surface area is 190 Å². The Bertz CT molecular complexity index is 765. The molecule has 2 aliphatic heterocycles.